The van der Waals surface area contributed by atoms with Crippen molar-refractivity contribution in [1.29, 1.82) is 0 Å². The van der Waals surface area contributed by atoms with Gasteiger partial charge < -0.3 is 21.1 Å². The second-order valence-electron chi connectivity index (χ2n) is 10.3. The van der Waals surface area contributed by atoms with Crippen LogP contribution < -0.4 is 26.0 Å². The van der Waals surface area contributed by atoms with Crippen LogP contribution in [0.2, 0.25) is 0 Å². The van der Waals surface area contributed by atoms with Crippen molar-refractivity contribution < 1.29 is 19.1 Å². The number of nitrogens with two attached hydrogens (primary N) is 1. The van der Waals surface area contributed by atoms with E-state index in [4.69, 9.17) is 10.5 Å². The molecule has 1 saturated carbocycles. The summed E-state index contributed by atoms with van der Waals surface area (Å²) in [7, 11) is 1.55. The minimum Gasteiger partial charge on any atom is -0.497 e. The van der Waals surface area contributed by atoms with E-state index in [0.29, 0.717) is 28.3 Å². The molecule has 5 rings (SSSR count). The Morgan fingerprint density at radius 2 is 1.77 bits per heavy atom. The molecule has 3 aromatic rings. The Balaban J connectivity index is 1.55. The molecule has 0 bridgehead atoms. The lowest BCUT2D eigenvalue weighted by Gasteiger charge is -2.31. The average Bonchev–Trinajstić information content (AvgIpc) is 3.09. The first-order valence-electron chi connectivity index (χ1n) is 13.4. The van der Waals surface area contributed by atoms with Crippen molar-refractivity contribution in [3.05, 3.63) is 89.0 Å². The number of hydrogen-bond acceptors (Lipinski definition) is 5. The van der Waals surface area contributed by atoms with Gasteiger partial charge in [-0.05, 0) is 61.7 Å². The molecular formula is C31H34N4O4. The fraction of sp³-hybridized carbons (Fsp3) is 0.323. The number of hydrogen-bond donors (Lipinski definition) is 3. The highest BCUT2D eigenvalue weighted by atomic mass is 16.5. The van der Waals surface area contributed by atoms with Gasteiger partial charge in [-0.25, -0.2) is 0 Å². The number of nitrogens with one attached hydrogen (secondary N) is 2. The largest absolute Gasteiger partial charge is 0.497 e. The third-order valence-electron chi connectivity index (χ3n) is 7.62. The van der Waals surface area contributed by atoms with Crippen LogP contribution in [0.3, 0.4) is 0 Å². The highest BCUT2D eigenvalue weighted by molar-refractivity contribution is 6.12. The number of fused-ring (bicyclic) bond motifs is 1. The summed E-state index contributed by atoms with van der Waals surface area (Å²) in [5.74, 6) is -0.207. The summed E-state index contributed by atoms with van der Waals surface area (Å²) in [4.78, 5) is 42.1. The van der Waals surface area contributed by atoms with Crippen LogP contribution in [0.25, 0.3) is 0 Å². The molecule has 4 N–H and O–H groups in total. The number of rotatable bonds is 5. The van der Waals surface area contributed by atoms with Gasteiger partial charge in [0.25, 0.3) is 11.8 Å². The number of methoxy groups -OCH3 is 1. The predicted octanol–water partition coefficient (Wildman–Crippen LogP) is 4.73. The molecular weight excluding hydrogens is 492 g/mol. The summed E-state index contributed by atoms with van der Waals surface area (Å²) in [5.41, 5.74) is 9.91. The molecule has 3 amide bonds. The molecule has 1 aliphatic heterocycles. The standard InChI is InChI=1S/C31H34N4O4/c1-19-10-12-20(13-11-19)28-18-29(36)33-26-17-21(30(37)34-25-9-4-3-8-24(25)32)14-15-27(26)35(28)31(38)22-6-5-7-23(16-22)39-2/h5-7,10-17,24-25,28H,3-4,8-9,18,32H2,1-2H3,(H,33,36)(H,34,37). The van der Waals surface area contributed by atoms with Gasteiger partial charge >= 0.3 is 0 Å². The fourth-order valence-corrected chi connectivity index (χ4v) is 5.42. The maximum Gasteiger partial charge on any atom is 0.259 e. The molecule has 8 heteroatoms. The number of nitrogens with zero attached hydrogens (tertiary/aromatic N) is 1. The van der Waals surface area contributed by atoms with Crippen molar-refractivity contribution in [2.45, 2.75) is 57.2 Å². The molecule has 0 radical (unpaired) electrons. The maximum absolute atomic E-state index is 14.1. The van der Waals surface area contributed by atoms with Crippen LogP contribution in [-0.4, -0.2) is 36.9 Å². The van der Waals surface area contributed by atoms with E-state index < -0.39 is 6.04 Å². The fourth-order valence-electron chi connectivity index (χ4n) is 5.42. The van der Waals surface area contributed by atoms with Gasteiger partial charge in [-0.3, -0.25) is 19.3 Å². The highest BCUT2D eigenvalue weighted by Gasteiger charge is 2.35. The Morgan fingerprint density at radius 3 is 2.51 bits per heavy atom. The molecule has 0 saturated heterocycles. The lowest BCUT2D eigenvalue weighted by Crippen LogP contribution is -2.49. The van der Waals surface area contributed by atoms with Gasteiger partial charge in [0.05, 0.1) is 30.9 Å². The Morgan fingerprint density at radius 1 is 1.00 bits per heavy atom. The topological polar surface area (TPSA) is 114 Å². The molecule has 39 heavy (non-hydrogen) atoms. The molecule has 1 aliphatic carbocycles. The van der Waals surface area contributed by atoms with E-state index in [2.05, 4.69) is 10.6 Å². The van der Waals surface area contributed by atoms with E-state index in [-0.39, 0.29) is 36.2 Å². The number of ether oxygens (including phenoxy) is 1. The third-order valence-corrected chi connectivity index (χ3v) is 7.62. The molecule has 1 heterocycles. The molecule has 1 fully saturated rings. The smallest absolute Gasteiger partial charge is 0.259 e. The summed E-state index contributed by atoms with van der Waals surface area (Å²) >= 11 is 0. The quantitative estimate of drug-likeness (QED) is 0.445. The lowest BCUT2D eigenvalue weighted by molar-refractivity contribution is -0.116. The average molecular weight is 527 g/mol. The predicted molar refractivity (Wildman–Crippen MR) is 151 cm³/mol. The van der Waals surface area contributed by atoms with Crippen molar-refractivity contribution in [3.63, 3.8) is 0 Å². The van der Waals surface area contributed by atoms with E-state index in [1.807, 2.05) is 31.2 Å². The van der Waals surface area contributed by atoms with E-state index in [0.717, 1.165) is 36.8 Å². The van der Waals surface area contributed by atoms with E-state index >= 15 is 0 Å². The van der Waals surface area contributed by atoms with Crippen LogP contribution in [-0.2, 0) is 4.79 Å². The van der Waals surface area contributed by atoms with Crippen LogP contribution in [0.1, 0.15) is 70.0 Å². The molecule has 202 valence electrons. The minimum absolute atomic E-state index is 0.0614. The van der Waals surface area contributed by atoms with Gasteiger partial charge in [0.1, 0.15) is 5.75 Å². The summed E-state index contributed by atoms with van der Waals surface area (Å²) in [6, 6.07) is 19.1. The van der Waals surface area contributed by atoms with Crippen molar-refractivity contribution in [1.82, 2.24) is 5.32 Å². The first kappa shape index (κ1) is 26.4. The van der Waals surface area contributed by atoms with Crippen LogP contribution >= 0.6 is 0 Å². The van der Waals surface area contributed by atoms with Crippen molar-refractivity contribution in [2.24, 2.45) is 5.73 Å². The Labute approximate surface area is 228 Å². The number of carbonyl (C=O) groups excluding carboxylic acids is 3. The van der Waals surface area contributed by atoms with Crippen LogP contribution in [0.4, 0.5) is 11.4 Å². The van der Waals surface area contributed by atoms with Gasteiger partial charge in [0.2, 0.25) is 5.91 Å². The summed E-state index contributed by atoms with van der Waals surface area (Å²) in [5, 5.41) is 6.00. The number of anilines is 2. The van der Waals surface area contributed by atoms with E-state index in [9.17, 15) is 14.4 Å². The summed E-state index contributed by atoms with van der Waals surface area (Å²) < 4.78 is 5.35. The monoisotopic (exact) mass is 526 g/mol. The normalized spacial score (nSPS) is 20.8. The first-order valence-corrected chi connectivity index (χ1v) is 13.4. The van der Waals surface area contributed by atoms with E-state index in [1.54, 1.807) is 54.5 Å². The van der Waals surface area contributed by atoms with Gasteiger partial charge in [-0.2, -0.15) is 0 Å². The summed E-state index contributed by atoms with van der Waals surface area (Å²) in [6.45, 7) is 1.99. The zero-order valence-electron chi connectivity index (χ0n) is 22.3. The first-order chi connectivity index (χ1) is 18.8. The number of aryl methyl sites for hydroxylation is 1. The third kappa shape index (κ3) is 5.66. The second kappa shape index (κ2) is 11.3. The molecule has 3 unspecified atom stereocenters. The molecule has 2 aliphatic rings. The number of benzene rings is 3. The zero-order valence-corrected chi connectivity index (χ0v) is 22.3. The number of carbonyl (C=O) groups is 3. The van der Waals surface area contributed by atoms with Crippen LogP contribution in [0.15, 0.2) is 66.7 Å². The van der Waals surface area contributed by atoms with Crippen LogP contribution in [0.5, 0.6) is 5.75 Å². The highest BCUT2D eigenvalue weighted by Crippen LogP contribution is 2.40. The van der Waals surface area contributed by atoms with Crippen molar-refractivity contribution in [2.75, 3.05) is 17.3 Å². The van der Waals surface area contributed by atoms with Crippen LogP contribution in [0, 0.1) is 6.92 Å². The zero-order chi connectivity index (χ0) is 27.5. The second-order valence-corrected chi connectivity index (χ2v) is 10.3. The molecule has 3 atom stereocenters. The number of amides is 3. The molecule has 0 aromatic heterocycles. The van der Waals surface area contributed by atoms with Crippen molar-refractivity contribution in [3.8, 4) is 5.75 Å². The SMILES string of the molecule is COc1cccc(C(=O)N2c3ccc(C(=O)NC4CCCCC4N)cc3NC(=O)CC2c2ccc(C)cc2)c1. The van der Waals surface area contributed by atoms with Crippen molar-refractivity contribution >= 4 is 29.1 Å². The maximum atomic E-state index is 14.1. The Bertz CT molecular complexity index is 1390. The molecule has 3 aromatic carbocycles. The van der Waals surface area contributed by atoms with Gasteiger partial charge in [-0.1, -0.05) is 48.7 Å². The molecule has 0 spiro atoms. The minimum atomic E-state index is -0.550. The molecule has 8 nitrogen and oxygen atoms in total. The van der Waals surface area contributed by atoms with Gasteiger partial charge in [0, 0.05) is 23.2 Å². The summed E-state index contributed by atoms with van der Waals surface area (Å²) in [6.07, 6.45) is 3.88. The van der Waals surface area contributed by atoms with Gasteiger partial charge in [0.15, 0.2) is 0 Å². The van der Waals surface area contributed by atoms with Gasteiger partial charge in [-0.15, -0.1) is 0 Å². The lowest BCUT2D eigenvalue weighted by atomic mass is 9.91. The van der Waals surface area contributed by atoms with E-state index in [1.165, 1.54) is 0 Å². The Kier molecular flexibility index (Phi) is 7.65. The Hall–Kier alpha value is -4.17.